The van der Waals surface area contributed by atoms with Gasteiger partial charge in [-0.2, -0.15) is 0 Å². The Balaban J connectivity index is 2.51. The van der Waals surface area contributed by atoms with Crippen molar-refractivity contribution < 1.29 is 24.1 Å². The van der Waals surface area contributed by atoms with Gasteiger partial charge in [0.05, 0.1) is 12.0 Å². The lowest BCUT2D eigenvalue weighted by molar-refractivity contribution is 0.201. The van der Waals surface area contributed by atoms with Crippen LogP contribution in [0, 0.1) is 0 Å². The van der Waals surface area contributed by atoms with Gasteiger partial charge < -0.3 is 24.1 Å². The summed E-state index contributed by atoms with van der Waals surface area (Å²) in [6, 6.07) is 4.63. The van der Waals surface area contributed by atoms with Gasteiger partial charge in [-0.1, -0.05) is 6.92 Å². The van der Waals surface area contributed by atoms with Crippen LogP contribution in [0.4, 0.5) is 0 Å². The molecular weight excluding hydrogens is 288 g/mol. The Labute approximate surface area is 127 Å². The van der Waals surface area contributed by atoms with E-state index >= 15 is 0 Å². The molecule has 0 fully saturated rings. The molecule has 0 aliphatic heterocycles. The summed E-state index contributed by atoms with van der Waals surface area (Å²) in [6.07, 6.45) is 2.29. The Morgan fingerprint density at radius 3 is 2.82 bits per heavy atom. The number of aliphatic hydroxyl groups is 1. The summed E-state index contributed by atoms with van der Waals surface area (Å²) in [7, 11) is 0. The number of allylic oxidation sites excluding steroid dienone is 2. The number of aliphatic hydroxyl groups excluding tert-OH is 1. The van der Waals surface area contributed by atoms with Gasteiger partial charge in [0.15, 0.2) is 5.75 Å². The number of hydrogen-bond donors (Lipinski definition) is 2. The van der Waals surface area contributed by atoms with E-state index in [1.165, 1.54) is 12.1 Å². The predicted octanol–water partition coefficient (Wildman–Crippen LogP) is 2.56. The maximum Gasteiger partial charge on any atom is 0.383 e. The molecule has 2 rings (SSSR count). The van der Waals surface area contributed by atoms with Gasteiger partial charge in [0.2, 0.25) is 0 Å². The number of fused-ring (bicyclic) bond motifs is 1. The van der Waals surface area contributed by atoms with Crippen LogP contribution in [0.15, 0.2) is 39.2 Å². The Hall–Kier alpha value is -2.47. The Morgan fingerprint density at radius 2 is 2.18 bits per heavy atom. The fourth-order valence-electron chi connectivity index (χ4n) is 1.96. The van der Waals surface area contributed by atoms with E-state index in [1.807, 2.05) is 6.92 Å². The standard InChI is InChI=1S/C16H18O6/c1-3-10(4-2)21-15-14(18)12-9-11(20-8-7-17)5-6-13(12)22-16(15)19/h3,5-6,9,17-18H,4,7-8H2,1-2H3. The third kappa shape index (κ3) is 3.23. The number of rotatable bonds is 6. The SMILES string of the molecule is CC=C(CC)Oc1c(O)c2cc(OCCO)ccc2oc1=O. The van der Waals surface area contributed by atoms with Crippen LogP contribution in [-0.4, -0.2) is 23.4 Å². The normalized spacial score (nSPS) is 11.7. The van der Waals surface area contributed by atoms with Crippen molar-refractivity contribution in [3.05, 3.63) is 40.5 Å². The first-order valence-corrected chi connectivity index (χ1v) is 6.97. The quantitative estimate of drug-likeness (QED) is 0.630. The van der Waals surface area contributed by atoms with Crippen LogP contribution in [0.3, 0.4) is 0 Å². The van der Waals surface area contributed by atoms with Gasteiger partial charge in [-0.05, 0) is 31.2 Å². The highest BCUT2D eigenvalue weighted by Gasteiger charge is 2.17. The van der Waals surface area contributed by atoms with Gasteiger partial charge in [-0.15, -0.1) is 0 Å². The third-order valence-electron chi connectivity index (χ3n) is 3.07. The first-order valence-electron chi connectivity index (χ1n) is 6.97. The van der Waals surface area contributed by atoms with E-state index in [0.717, 1.165) is 0 Å². The monoisotopic (exact) mass is 306 g/mol. The summed E-state index contributed by atoms with van der Waals surface area (Å²) in [6.45, 7) is 3.66. The maximum atomic E-state index is 11.9. The molecule has 0 bridgehead atoms. The summed E-state index contributed by atoms with van der Waals surface area (Å²) in [4.78, 5) is 11.9. The largest absolute Gasteiger partial charge is 0.504 e. The zero-order valence-corrected chi connectivity index (χ0v) is 12.5. The van der Waals surface area contributed by atoms with E-state index in [0.29, 0.717) is 23.3 Å². The maximum absolute atomic E-state index is 11.9. The molecule has 1 aromatic heterocycles. The van der Waals surface area contributed by atoms with Crippen LogP contribution in [-0.2, 0) is 0 Å². The van der Waals surface area contributed by atoms with Crippen molar-refractivity contribution >= 4 is 11.0 Å². The summed E-state index contributed by atoms with van der Waals surface area (Å²) < 4.78 is 15.9. The lowest BCUT2D eigenvalue weighted by Crippen LogP contribution is -2.07. The van der Waals surface area contributed by atoms with Gasteiger partial charge >= 0.3 is 5.63 Å². The number of aromatic hydroxyl groups is 1. The lowest BCUT2D eigenvalue weighted by atomic mass is 10.2. The minimum absolute atomic E-state index is 0.122. The second-order valence-electron chi connectivity index (χ2n) is 4.51. The lowest BCUT2D eigenvalue weighted by Gasteiger charge is -2.10. The van der Waals surface area contributed by atoms with Gasteiger partial charge in [0.25, 0.3) is 5.75 Å². The van der Waals surface area contributed by atoms with Crippen molar-refractivity contribution in [1.82, 2.24) is 0 Å². The fraction of sp³-hybridized carbons (Fsp3) is 0.312. The highest BCUT2D eigenvalue weighted by Crippen LogP contribution is 2.34. The Morgan fingerprint density at radius 1 is 1.41 bits per heavy atom. The Kier molecular flexibility index (Phi) is 5.06. The molecule has 2 aromatic rings. The van der Waals surface area contributed by atoms with Crippen LogP contribution < -0.4 is 15.1 Å². The molecule has 1 heterocycles. The summed E-state index contributed by atoms with van der Waals surface area (Å²) in [5.41, 5.74) is -0.522. The van der Waals surface area contributed by atoms with Crippen molar-refractivity contribution in [2.24, 2.45) is 0 Å². The fourth-order valence-corrected chi connectivity index (χ4v) is 1.96. The van der Waals surface area contributed by atoms with Gasteiger partial charge in [-0.25, -0.2) is 4.79 Å². The van der Waals surface area contributed by atoms with Crippen LogP contribution in [0.1, 0.15) is 20.3 Å². The average molecular weight is 306 g/mol. The van der Waals surface area contributed by atoms with E-state index in [9.17, 15) is 9.90 Å². The molecule has 2 N–H and O–H groups in total. The van der Waals surface area contributed by atoms with Crippen LogP contribution in [0.25, 0.3) is 11.0 Å². The van der Waals surface area contributed by atoms with E-state index in [4.69, 9.17) is 19.0 Å². The second kappa shape index (κ2) is 7.00. The number of ether oxygens (including phenoxy) is 2. The minimum Gasteiger partial charge on any atom is -0.504 e. The average Bonchev–Trinajstić information content (AvgIpc) is 2.53. The van der Waals surface area contributed by atoms with E-state index in [1.54, 1.807) is 19.1 Å². The van der Waals surface area contributed by atoms with Crippen LogP contribution >= 0.6 is 0 Å². The molecule has 1 aromatic carbocycles. The smallest absolute Gasteiger partial charge is 0.383 e. The second-order valence-corrected chi connectivity index (χ2v) is 4.51. The topological polar surface area (TPSA) is 89.1 Å². The van der Waals surface area contributed by atoms with Crippen molar-refractivity contribution in [3.63, 3.8) is 0 Å². The molecule has 118 valence electrons. The highest BCUT2D eigenvalue weighted by molar-refractivity contribution is 5.86. The molecule has 0 aliphatic carbocycles. The third-order valence-corrected chi connectivity index (χ3v) is 3.07. The number of hydrogen-bond acceptors (Lipinski definition) is 6. The summed E-state index contributed by atoms with van der Waals surface area (Å²) in [5, 5.41) is 19.4. The highest BCUT2D eigenvalue weighted by atomic mass is 16.5. The van der Waals surface area contributed by atoms with Crippen molar-refractivity contribution in [2.45, 2.75) is 20.3 Å². The van der Waals surface area contributed by atoms with Gasteiger partial charge in [-0.3, -0.25) is 0 Å². The minimum atomic E-state index is -0.748. The molecule has 6 nitrogen and oxygen atoms in total. The molecule has 22 heavy (non-hydrogen) atoms. The predicted molar refractivity (Wildman–Crippen MR) is 81.4 cm³/mol. The Bertz CT molecular complexity index is 744. The molecule has 0 saturated heterocycles. The zero-order chi connectivity index (χ0) is 16.1. The molecule has 0 saturated carbocycles. The van der Waals surface area contributed by atoms with Gasteiger partial charge in [0.1, 0.15) is 23.7 Å². The first-order chi connectivity index (χ1) is 10.6. The van der Waals surface area contributed by atoms with Crippen LogP contribution in [0.5, 0.6) is 17.2 Å². The van der Waals surface area contributed by atoms with Crippen LogP contribution in [0.2, 0.25) is 0 Å². The van der Waals surface area contributed by atoms with Gasteiger partial charge in [0, 0.05) is 6.42 Å². The molecule has 0 amide bonds. The van der Waals surface area contributed by atoms with E-state index in [2.05, 4.69) is 0 Å². The van der Waals surface area contributed by atoms with E-state index < -0.39 is 5.63 Å². The molecule has 0 aliphatic rings. The zero-order valence-electron chi connectivity index (χ0n) is 12.5. The van der Waals surface area contributed by atoms with Crippen molar-refractivity contribution in [3.8, 4) is 17.2 Å². The number of benzene rings is 1. The van der Waals surface area contributed by atoms with Crippen molar-refractivity contribution in [1.29, 1.82) is 0 Å². The molecule has 0 radical (unpaired) electrons. The molecule has 6 heteroatoms. The molecule has 0 atom stereocenters. The first kappa shape index (κ1) is 15.9. The summed E-state index contributed by atoms with van der Waals surface area (Å²) >= 11 is 0. The van der Waals surface area contributed by atoms with Crippen molar-refractivity contribution in [2.75, 3.05) is 13.2 Å². The summed E-state index contributed by atoms with van der Waals surface area (Å²) in [5.74, 6) is 0.447. The molecule has 0 unspecified atom stereocenters. The van der Waals surface area contributed by atoms with E-state index in [-0.39, 0.29) is 30.3 Å². The molecule has 0 spiro atoms. The molecular formula is C16H18O6.